The Hall–Kier alpha value is -3.37. The molecule has 0 bridgehead atoms. The number of allylic oxidation sites excluding steroid dienone is 1. The normalized spacial score (nSPS) is 15.7. The van der Waals surface area contributed by atoms with Gasteiger partial charge in [-0.25, -0.2) is 9.79 Å². The number of benzene rings is 2. The summed E-state index contributed by atoms with van der Waals surface area (Å²) in [5, 5.41) is 11.4. The van der Waals surface area contributed by atoms with Gasteiger partial charge < -0.3 is 4.74 Å². The first-order valence-electron chi connectivity index (χ1n) is 9.99. The maximum atomic E-state index is 13.5. The van der Waals surface area contributed by atoms with Gasteiger partial charge in [0.2, 0.25) is 0 Å². The summed E-state index contributed by atoms with van der Waals surface area (Å²) in [6.07, 6.45) is 1.75. The molecule has 2 heterocycles. The number of carbonyl (C=O) groups excluding carboxylic acids is 1. The van der Waals surface area contributed by atoms with E-state index in [2.05, 4.69) is 20.9 Å². The Morgan fingerprint density at radius 1 is 1.30 bits per heavy atom. The second-order valence-corrected chi connectivity index (χ2v) is 9.13. The molecule has 0 saturated heterocycles. The zero-order chi connectivity index (χ0) is 23.7. The number of fused-ring (bicyclic) bond motifs is 1. The number of ether oxygens (including phenoxy) is 1. The molecule has 1 atom stereocenters. The molecule has 0 radical (unpaired) electrons. The van der Waals surface area contributed by atoms with E-state index in [1.807, 2.05) is 24.3 Å². The number of carbonyl (C=O) groups is 1. The van der Waals surface area contributed by atoms with Gasteiger partial charge in [0.05, 0.1) is 33.4 Å². The molecule has 0 aliphatic carbocycles. The molecule has 1 aromatic heterocycles. The molecule has 0 N–H and O–H groups in total. The summed E-state index contributed by atoms with van der Waals surface area (Å²) in [6, 6.07) is 12.5. The van der Waals surface area contributed by atoms with Crippen molar-refractivity contribution in [1.82, 2.24) is 4.57 Å². The summed E-state index contributed by atoms with van der Waals surface area (Å²) in [5.74, 6) is -0.614. The van der Waals surface area contributed by atoms with Gasteiger partial charge in [-0.15, -0.1) is 0 Å². The molecule has 1 aliphatic rings. The predicted molar refractivity (Wildman–Crippen MR) is 128 cm³/mol. The lowest BCUT2D eigenvalue weighted by molar-refractivity contribution is -0.384. The van der Waals surface area contributed by atoms with E-state index >= 15 is 0 Å². The van der Waals surface area contributed by atoms with Crippen LogP contribution in [0.2, 0.25) is 0 Å². The second kappa shape index (κ2) is 9.24. The van der Waals surface area contributed by atoms with E-state index in [1.54, 1.807) is 26.0 Å². The van der Waals surface area contributed by atoms with Crippen LogP contribution in [0.4, 0.5) is 5.69 Å². The summed E-state index contributed by atoms with van der Waals surface area (Å²) in [5.41, 5.74) is 1.35. The van der Waals surface area contributed by atoms with Crippen LogP contribution in [0.5, 0.6) is 0 Å². The van der Waals surface area contributed by atoms with E-state index in [4.69, 9.17) is 4.74 Å². The lowest BCUT2D eigenvalue weighted by Gasteiger charge is -2.24. The van der Waals surface area contributed by atoms with Crippen molar-refractivity contribution in [2.24, 2.45) is 4.99 Å². The van der Waals surface area contributed by atoms with Gasteiger partial charge in [0.15, 0.2) is 4.80 Å². The first kappa shape index (κ1) is 22.8. The van der Waals surface area contributed by atoms with Crippen molar-refractivity contribution in [3.05, 3.63) is 105 Å². The van der Waals surface area contributed by atoms with E-state index < -0.39 is 16.9 Å². The first-order valence-corrected chi connectivity index (χ1v) is 11.6. The molecule has 8 nitrogen and oxygen atoms in total. The molecule has 4 rings (SSSR count). The predicted octanol–water partition coefficient (Wildman–Crippen LogP) is 3.47. The maximum absolute atomic E-state index is 13.5. The smallest absolute Gasteiger partial charge is 0.338 e. The number of rotatable bonds is 5. The van der Waals surface area contributed by atoms with Crippen LogP contribution in [0.25, 0.3) is 6.08 Å². The SMILES string of the molecule is CCOC(=O)C1=C(C)N=c2sc(=Cc3cccc(Br)c3)c(=O)n2C1c1cccc([N+](=O)[O-])c1. The third-order valence-electron chi connectivity index (χ3n) is 5.06. The van der Waals surface area contributed by atoms with Crippen molar-refractivity contribution >= 4 is 45.0 Å². The molecule has 168 valence electrons. The standard InChI is InChI=1S/C23H18BrN3O5S/c1-3-32-22(29)19-13(2)25-23-26(20(19)15-7-5-9-17(12-15)27(30)31)21(28)18(33-23)11-14-6-4-8-16(24)10-14/h4-12,20H,3H2,1-2H3. The maximum Gasteiger partial charge on any atom is 0.338 e. The molecular weight excluding hydrogens is 510 g/mol. The number of non-ortho nitro benzene ring substituents is 1. The van der Waals surface area contributed by atoms with Crippen molar-refractivity contribution in [3.8, 4) is 0 Å². The summed E-state index contributed by atoms with van der Waals surface area (Å²) in [6.45, 7) is 3.50. The summed E-state index contributed by atoms with van der Waals surface area (Å²) >= 11 is 4.62. The summed E-state index contributed by atoms with van der Waals surface area (Å²) in [4.78, 5) is 42.1. The van der Waals surface area contributed by atoms with Crippen LogP contribution in [-0.2, 0) is 9.53 Å². The molecule has 0 spiro atoms. The highest BCUT2D eigenvalue weighted by atomic mass is 79.9. The molecule has 1 unspecified atom stereocenters. The number of esters is 1. The molecule has 0 saturated carbocycles. The van der Waals surface area contributed by atoms with Crippen molar-refractivity contribution in [2.45, 2.75) is 19.9 Å². The Kier molecular flexibility index (Phi) is 6.39. The minimum absolute atomic E-state index is 0.137. The van der Waals surface area contributed by atoms with Gasteiger partial charge in [0.1, 0.15) is 0 Å². The van der Waals surface area contributed by atoms with Gasteiger partial charge in [-0.3, -0.25) is 19.5 Å². The fourth-order valence-corrected chi connectivity index (χ4v) is 5.13. The van der Waals surface area contributed by atoms with Gasteiger partial charge >= 0.3 is 5.97 Å². The topological polar surface area (TPSA) is 104 Å². The number of nitro groups is 1. The van der Waals surface area contributed by atoms with Gasteiger partial charge in [-0.05, 0) is 43.2 Å². The molecule has 0 amide bonds. The number of hydrogen-bond acceptors (Lipinski definition) is 7. The average molecular weight is 528 g/mol. The van der Waals surface area contributed by atoms with Crippen LogP contribution >= 0.6 is 27.3 Å². The number of halogens is 1. The highest BCUT2D eigenvalue weighted by Crippen LogP contribution is 2.32. The lowest BCUT2D eigenvalue weighted by Crippen LogP contribution is -2.40. The van der Waals surface area contributed by atoms with E-state index in [-0.39, 0.29) is 23.4 Å². The molecule has 33 heavy (non-hydrogen) atoms. The zero-order valence-electron chi connectivity index (χ0n) is 17.6. The quantitative estimate of drug-likeness (QED) is 0.287. The van der Waals surface area contributed by atoms with E-state index in [1.165, 1.54) is 34.1 Å². The van der Waals surface area contributed by atoms with Crippen LogP contribution < -0.4 is 14.9 Å². The number of hydrogen-bond donors (Lipinski definition) is 0. The van der Waals surface area contributed by atoms with Crippen LogP contribution in [0.15, 0.2) is 74.1 Å². The third-order valence-corrected chi connectivity index (χ3v) is 6.54. The summed E-state index contributed by atoms with van der Waals surface area (Å²) < 4.78 is 7.95. The lowest BCUT2D eigenvalue weighted by atomic mass is 9.95. The van der Waals surface area contributed by atoms with Gasteiger partial charge in [0.25, 0.3) is 11.2 Å². The van der Waals surface area contributed by atoms with Crippen LogP contribution in [0, 0.1) is 10.1 Å². The molecule has 2 aromatic carbocycles. The van der Waals surface area contributed by atoms with Crippen molar-refractivity contribution in [3.63, 3.8) is 0 Å². The molecule has 10 heteroatoms. The first-order chi connectivity index (χ1) is 15.8. The number of nitrogens with zero attached hydrogens (tertiary/aromatic N) is 3. The highest BCUT2D eigenvalue weighted by molar-refractivity contribution is 9.10. The fourth-order valence-electron chi connectivity index (χ4n) is 3.66. The Balaban J connectivity index is 1.98. The average Bonchev–Trinajstić information content (AvgIpc) is 3.07. The van der Waals surface area contributed by atoms with E-state index in [9.17, 15) is 19.7 Å². The Labute approximate surface area is 200 Å². The van der Waals surface area contributed by atoms with Crippen LogP contribution in [0.1, 0.15) is 31.0 Å². The Morgan fingerprint density at radius 3 is 2.76 bits per heavy atom. The Bertz CT molecular complexity index is 1490. The largest absolute Gasteiger partial charge is 0.463 e. The van der Waals surface area contributed by atoms with Gasteiger partial charge in [-0.2, -0.15) is 0 Å². The third kappa shape index (κ3) is 4.44. The molecular formula is C23H18BrN3O5S. The molecule has 1 aliphatic heterocycles. The molecule has 0 fully saturated rings. The number of aromatic nitrogens is 1. The molecule has 3 aromatic rings. The van der Waals surface area contributed by atoms with E-state index in [0.717, 1.165) is 10.0 Å². The fraction of sp³-hybridized carbons (Fsp3) is 0.174. The zero-order valence-corrected chi connectivity index (χ0v) is 20.1. The van der Waals surface area contributed by atoms with Gasteiger partial charge in [0, 0.05) is 16.6 Å². The van der Waals surface area contributed by atoms with Crippen LogP contribution in [-0.4, -0.2) is 22.1 Å². The Morgan fingerprint density at radius 2 is 2.06 bits per heavy atom. The van der Waals surface area contributed by atoms with Crippen molar-refractivity contribution in [1.29, 1.82) is 0 Å². The summed E-state index contributed by atoms with van der Waals surface area (Å²) in [7, 11) is 0. The number of thiazole rings is 1. The van der Waals surface area contributed by atoms with Crippen LogP contribution in [0.3, 0.4) is 0 Å². The van der Waals surface area contributed by atoms with Gasteiger partial charge in [-0.1, -0.05) is 51.5 Å². The highest BCUT2D eigenvalue weighted by Gasteiger charge is 2.34. The minimum atomic E-state index is -0.898. The van der Waals surface area contributed by atoms with E-state index in [0.29, 0.717) is 20.6 Å². The minimum Gasteiger partial charge on any atom is -0.463 e. The number of nitro benzene ring substituents is 1. The monoisotopic (exact) mass is 527 g/mol. The second-order valence-electron chi connectivity index (χ2n) is 7.21. The van der Waals surface area contributed by atoms with Crippen molar-refractivity contribution in [2.75, 3.05) is 6.61 Å². The van der Waals surface area contributed by atoms with Crippen molar-refractivity contribution < 1.29 is 14.5 Å².